The van der Waals surface area contributed by atoms with Gasteiger partial charge in [0.2, 0.25) is 0 Å². The molecule has 0 amide bonds. The topological polar surface area (TPSA) is 12.9 Å². The maximum absolute atomic E-state index is 4.73. The molecule has 0 aliphatic carbocycles. The molecule has 0 fully saturated rings. The SMILES string of the molecule is C(=C\c1nc2ccccc2s1)/c1ccc(C[P+](c2ccccc2)(c2ccccc2)c2ccccc2)cc1. The summed E-state index contributed by atoms with van der Waals surface area (Å²) in [5.41, 5.74) is 3.60. The molecule has 1 heterocycles. The van der Waals surface area contributed by atoms with E-state index < -0.39 is 7.26 Å². The Labute approximate surface area is 223 Å². The van der Waals surface area contributed by atoms with Crippen LogP contribution in [0.4, 0.5) is 0 Å². The van der Waals surface area contributed by atoms with Gasteiger partial charge in [0.15, 0.2) is 0 Å². The van der Waals surface area contributed by atoms with Gasteiger partial charge in [-0.05, 0) is 65.7 Å². The summed E-state index contributed by atoms with van der Waals surface area (Å²) in [6, 6.07) is 50.6. The highest BCUT2D eigenvalue weighted by molar-refractivity contribution is 7.95. The molecule has 0 saturated carbocycles. The second kappa shape index (κ2) is 10.6. The molecule has 0 N–H and O–H groups in total. The Bertz CT molecular complexity index is 1490. The highest BCUT2D eigenvalue weighted by Gasteiger charge is 2.45. The Morgan fingerprint density at radius 2 is 1.05 bits per heavy atom. The first-order valence-electron chi connectivity index (χ1n) is 12.5. The zero-order chi connectivity index (χ0) is 24.9. The lowest BCUT2D eigenvalue weighted by Crippen LogP contribution is -2.32. The van der Waals surface area contributed by atoms with Crippen molar-refractivity contribution in [1.82, 2.24) is 4.98 Å². The van der Waals surface area contributed by atoms with E-state index in [2.05, 4.69) is 146 Å². The molecule has 0 bridgehead atoms. The zero-order valence-corrected chi connectivity index (χ0v) is 22.2. The van der Waals surface area contributed by atoms with Crippen molar-refractivity contribution >= 4 is 56.9 Å². The summed E-state index contributed by atoms with van der Waals surface area (Å²) >= 11 is 1.73. The average Bonchev–Trinajstić information content (AvgIpc) is 3.40. The van der Waals surface area contributed by atoms with Crippen LogP contribution in [0.25, 0.3) is 22.4 Å². The number of hydrogen-bond donors (Lipinski definition) is 0. The molecular weight excluding hydrogens is 485 g/mol. The molecule has 6 rings (SSSR count). The predicted octanol–water partition coefficient (Wildman–Crippen LogP) is 7.96. The molecule has 1 aromatic heterocycles. The van der Waals surface area contributed by atoms with E-state index in [1.165, 1.54) is 31.7 Å². The van der Waals surface area contributed by atoms with Crippen LogP contribution in [0.5, 0.6) is 0 Å². The molecule has 6 aromatic rings. The zero-order valence-electron chi connectivity index (χ0n) is 20.4. The van der Waals surface area contributed by atoms with Gasteiger partial charge in [0.25, 0.3) is 0 Å². The second-order valence-corrected chi connectivity index (χ2v) is 13.6. The molecule has 0 radical (unpaired) electrons. The second-order valence-electron chi connectivity index (χ2n) is 9.07. The Morgan fingerprint density at radius 3 is 1.59 bits per heavy atom. The Hall–Kier alpha value is -3.84. The van der Waals surface area contributed by atoms with Gasteiger partial charge in [-0.3, -0.25) is 0 Å². The predicted molar refractivity (Wildman–Crippen MR) is 164 cm³/mol. The van der Waals surface area contributed by atoms with Crippen molar-refractivity contribution in [3.8, 4) is 0 Å². The highest BCUT2D eigenvalue weighted by atomic mass is 32.1. The van der Waals surface area contributed by atoms with Crippen LogP contribution in [0, 0.1) is 0 Å². The summed E-state index contributed by atoms with van der Waals surface area (Å²) in [7, 11) is -1.90. The molecule has 0 unspecified atom stereocenters. The van der Waals surface area contributed by atoms with Gasteiger partial charge in [0.05, 0.1) is 16.4 Å². The fraction of sp³-hybridized carbons (Fsp3) is 0.0294. The molecule has 178 valence electrons. The van der Waals surface area contributed by atoms with Crippen molar-refractivity contribution < 1.29 is 0 Å². The first-order valence-corrected chi connectivity index (χ1v) is 15.3. The van der Waals surface area contributed by atoms with E-state index in [1.54, 1.807) is 11.3 Å². The van der Waals surface area contributed by atoms with Gasteiger partial charge >= 0.3 is 0 Å². The average molecular weight is 513 g/mol. The fourth-order valence-corrected chi connectivity index (χ4v) is 10.0. The van der Waals surface area contributed by atoms with E-state index >= 15 is 0 Å². The minimum atomic E-state index is -1.90. The van der Waals surface area contributed by atoms with Crippen molar-refractivity contribution in [3.63, 3.8) is 0 Å². The number of para-hydroxylation sites is 1. The van der Waals surface area contributed by atoms with E-state index in [-0.39, 0.29) is 0 Å². The molecule has 0 atom stereocenters. The number of fused-ring (bicyclic) bond motifs is 1. The minimum absolute atomic E-state index is 0.979. The normalized spacial score (nSPS) is 11.8. The Morgan fingerprint density at radius 1 is 0.541 bits per heavy atom. The summed E-state index contributed by atoms with van der Waals surface area (Å²) < 4.78 is 1.22. The summed E-state index contributed by atoms with van der Waals surface area (Å²) in [4.78, 5) is 4.73. The maximum atomic E-state index is 4.73. The largest absolute Gasteiger partial charge is 0.237 e. The van der Waals surface area contributed by atoms with Gasteiger partial charge in [-0.1, -0.05) is 97.1 Å². The van der Waals surface area contributed by atoms with Crippen LogP contribution in [-0.4, -0.2) is 4.98 Å². The molecule has 37 heavy (non-hydrogen) atoms. The Balaban J connectivity index is 1.36. The lowest BCUT2D eigenvalue weighted by atomic mass is 10.1. The number of aromatic nitrogens is 1. The van der Waals surface area contributed by atoms with E-state index in [1.807, 2.05) is 6.07 Å². The van der Waals surface area contributed by atoms with E-state index in [4.69, 9.17) is 4.98 Å². The quantitative estimate of drug-likeness (QED) is 0.198. The van der Waals surface area contributed by atoms with E-state index in [9.17, 15) is 0 Å². The molecule has 0 saturated heterocycles. The highest BCUT2D eigenvalue weighted by Crippen LogP contribution is 2.58. The molecule has 0 aliphatic rings. The number of thiazole rings is 1. The summed E-state index contributed by atoms with van der Waals surface area (Å²) in [6.07, 6.45) is 5.26. The van der Waals surface area contributed by atoms with Gasteiger partial charge in [-0.2, -0.15) is 0 Å². The van der Waals surface area contributed by atoms with Crippen LogP contribution in [-0.2, 0) is 6.16 Å². The number of nitrogens with zero attached hydrogens (tertiary/aromatic N) is 1. The monoisotopic (exact) mass is 512 g/mol. The molecule has 0 spiro atoms. The van der Waals surface area contributed by atoms with Gasteiger partial charge in [0, 0.05) is 0 Å². The van der Waals surface area contributed by atoms with Gasteiger partial charge in [-0.15, -0.1) is 11.3 Å². The Kier molecular flexibility index (Phi) is 6.78. The van der Waals surface area contributed by atoms with Crippen LogP contribution in [0.1, 0.15) is 16.1 Å². The summed E-state index contributed by atoms with van der Waals surface area (Å²) in [5.74, 6) is 0. The third kappa shape index (κ3) is 4.91. The first-order chi connectivity index (χ1) is 18.3. The van der Waals surface area contributed by atoms with E-state index in [0.29, 0.717) is 0 Å². The van der Waals surface area contributed by atoms with Crippen molar-refractivity contribution in [2.45, 2.75) is 6.16 Å². The number of hydrogen-bond acceptors (Lipinski definition) is 2. The summed E-state index contributed by atoms with van der Waals surface area (Å²) in [6.45, 7) is 0. The van der Waals surface area contributed by atoms with Crippen molar-refractivity contribution in [3.05, 3.63) is 156 Å². The van der Waals surface area contributed by atoms with Crippen LogP contribution in [0.2, 0.25) is 0 Å². The van der Waals surface area contributed by atoms with Crippen LogP contribution >= 0.6 is 18.6 Å². The third-order valence-corrected chi connectivity index (χ3v) is 12.1. The number of rotatable bonds is 7. The minimum Gasteiger partial charge on any atom is -0.237 e. The maximum Gasteiger partial charge on any atom is 0.117 e. The molecule has 1 nitrogen and oxygen atoms in total. The van der Waals surface area contributed by atoms with Crippen LogP contribution < -0.4 is 15.9 Å². The smallest absolute Gasteiger partial charge is 0.117 e. The van der Waals surface area contributed by atoms with E-state index in [0.717, 1.165) is 16.7 Å². The standard InChI is InChI=1S/C34H27NPS/c1-4-12-29(13-5-1)36(30-14-6-2-7-15-30,31-16-8-3-9-17-31)26-28-22-20-27(21-23-28)24-25-34-35-32-18-10-11-19-33(32)37-34/h1-25H,26H2/q+1/b25-24+. The molecule has 0 aliphatic heterocycles. The molecule has 5 aromatic carbocycles. The van der Waals surface area contributed by atoms with Crippen molar-refractivity contribution in [1.29, 1.82) is 0 Å². The lowest BCUT2D eigenvalue weighted by Gasteiger charge is -2.27. The molecular formula is C34H27NPS+. The van der Waals surface area contributed by atoms with Gasteiger partial charge in [-0.25, -0.2) is 4.98 Å². The van der Waals surface area contributed by atoms with Crippen LogP contribution in [0.15, 0.2) is 140 Å². The summed E-state index contributed by atoms with van der Waals surface area (Å²) in [5, 5.41) is 5.26. The number of benzene rings is 5. The van der Waals surface area contributed by atoms with Gasteiger partial charge < -0.3 is 0 Å². The first kappa shape index (κ1) is 23.6. The van der Waals surface area contributed by atoms with Crippen molar-refractivity contribution in [2.75, 3.05) is 0 Å². The third-order valence-electron chi connectivity index (χ3n) is 6.72. The molecule has 3 heteroatoms. The fourth-order valence-electron chi connectivity index (χ4n) is 4.91. The lowest BCUT2D eigenvalue weighted by molar-refractivity contribution is 1.38. The van der Waals surface area contributed by atoms with Crippen LogP contribution in [0.3, 0.4) is 0 Å². The van der Waals surface area contributed by atoms with Crippen molar-refractivity contribution in [2.24, 2.45) is 0 Å². The van der Waals surface area contributed by atoms with Gasteiger partial charge in [0.1, 0.15) is 28.2 Å².